The number of hydrazine groups is 1. The molecule has 0 aliphatic heterocycles. The van der Waals surface area contributed by atoms with Gasteiger partial charge in [0, 0.05) is 12.6 Å². The number of nitrogens with two attached hydrogens (primary N) is 1. The fourth-order valence-corrected chi connectivity index (χ4v) is 1.10. The van der Waals surface area contributed by atoms with Crippen molar-refractivity contribution in [1.82, 2.24) is 5.43 Å². The molecule has 3 N–H and O–H groups in total. The van der Waals surface area contributed by atoms with Crippen molar-refractivity contribution in [3.8, 4) is 5.75 Å². The molecular weight excluding hydrogens is 204 g/mol. The van der Waals surface area contributed by atoms with Crippen LogP contribution in [0.3, 0.4) is 0 Å². The van der Waals surface area contributed by atoms with Crippen LogP contribution < -0.4 is 16.0 Å². The van der Waals surface area contributed by atoms with Crippen molar-refractivity contribution >= 4 is 5.84 Å². The van der Waals surface area contributed by atoms with Crippen molar-refractivity contribution in [2.75, 3.05) is 7.05 Å². The van der Waals surface area contributed by atoms with Gasteiger partial charge in [0.15, 0.2) is 0 Å². The Hall–Kier alpha value is -1.69. The van der Waals surface area contributed by atoms with Crippen LogP contribution in [0.1, 0.15) is 5.56 Å². The van der Waals surface area contributed by atoms with E-state index in [0.717, 1.165) is 0 Å². The first kappa shape index (κ1) is 11.4. The van der Waals surface area contributed by atoms with Gasteiger partial charge in [0.2, 0.25) is 0 Å². The summed E-state index contributed by atoms with van der Waals surface area (Å²) in [5.74, 6) is 5.66. The maximum Gasteiger partial charge on any atom is 0.387 e. The number of aliphatic imine (C=N–C) groups is 1. The molecule has 0 aliphatic carbocycles. The quantitative estimate of drug-likeness (QED) is 0.344. The van der Waals surface area contributed by atoms with Crippen LogP contribution in [0.25, 0.3) is 0 Å². The van der Waals surface area contributed by atoms with E-state index in [1.807, 2.05) is 0 Å². The Balaban J connectivity index is 2.92. The molecule has 0 aliphatic rings. The third kappa shape index (κ3) is 3.17. The van der Waals surface area contributed by atoms with Gasteiger partial charge in [0.05, 0.1) is 0 Å². The van der Waals surface area contributed by atoms with Gasteiger partial charge in [0.1, 0.15) is 11.6 Å². The van der Waals surface area contributed by atoms with Crippen molar-refractivity contribution in [3.63, 3.8) is 0 Å². The Morgan fingerprint density at radius 3 is 2.80 bits per heavy atom. The number of ether oxygens (including phenoxy) is 1. The smallest absolute Gasteiger partial charge is 0.387 e. The van der Waals surface area contributed by atoms with Crippen LogP contribution in [0.2, 0.25) is 0 Å². The predicted molar refractivity (Wildman–Crippen MR) is 52.9 cm³/mol. The summed E-state index contributed by atoms with van der Waals surface area (Å²) in [7, 11) is 1.54. The fourth-order valence-electron chi connectivity index (χ4n) is 1.10. The number of halogens is 2. The van der Waals surface area contributed by atoms with Gasteiger partial charge in [-0.15, -0.1) is 0 Å². The minimum Gasteiger partial charge on any atom is -0.435 e. The van der Waals surface area contributed by atoms with Gasteiger partial charge in [-0.25, -0.2) is 5.84 Å². The van der Waals surface area contributed by atoms with Crippen LogP contribution in [0, 0.1) is 0 Å². The van der Waals surface area contributed by atoms with Gasteiger partial charge in [-0.1, -0.05) is 12.1 Å². The molecule has 0 saturated carbocycles. The molecule has 0 heterocycles. The van der Waals surface area contributed by atoms with E-state index in [-0.39, 0.29) is 5.75 Å². The van der Waals surface area contributed by atoms with E-state index in [2.05, 4.69) is 15.2 Å². The maximum atomic E-state index is 11.9. The van der Waals surface area contributed by atoms with Crippen LogP contribution in [-0.4, -0.2) is 19.5 Å². The molecule has 0 radical (unpaired) electrons. The monoisotopic (exact) mass is 215 g/mol. The largest absolute Gasteiger partial charge is 0.435 e. The number of benzene rings is 1. The van der Waals surface area contributed by atoms with Crippen molar-refractivity contribution in [2.24, 2.45) is 10.8 Å². The van der Waals surface area contributed by atoms with E-state index in [1.54, 1.807) is 12.1 Å². The highest BCUT2D eigenvalue weighted by molar-refractivity contribution is 5.98. The zero-order valence-corrected chi connectivity index (χ0v) is 8.08. The second-order valence-corrected chi connectivity index (χ2v) is 2.62. The van der Waals surface area contributed by atoms with Gasteiger partial charge >= 0.3 is 6.61 Å². The van der Waals surface area contributed by atoms with Gasteiger partial charge in [0.25, 0.3) is 0 Å². The molecule has 4 nitrogen and oxygen atoms in total. The second kappa shape index (κ2) is 5.26. The lowest BCUT2D eigenvalue weighted by atomic mass is 10.2. The van der Waals surface area contributed by atoms with E-state index < -0.39 is 6.61 Å². The van der Waals surface area contributed by atoms with Gasteiger partial charge < -0.3 is 10.2 Å². The molecule has 0 unspecified atom stereocenters. The zero-order valence-electron chi connectivity index (χ0n) is 8.08. The lowest BCUT2D eigenvalue weighted by molar-refractivity contribution is -0.0498. The number of amidine groups is 1. The lowest BCUT2D eigenvalue weighted by Crippen LogP contribution is -2.30. The molecule has 0 atom stereocenters. The third-order valence-corrected chi connectivity index (χ3v) is 1.69. The summed E-state index contributed by atoms with van der Waals surface area (Å²) in [6.45, 7) is -2.84. The highest BCUT2D eigenvalue weighted by Crippen LogP contribution is 2.15. The molecule has 1 aromatic carbocycles. The Morgan fingerprint density at radius 2 is 2.27 bits per heavy atom. The molecular formula is C9H11F2N3O. The number of nitrogens with one attached hydrogen (secondary N) is 1. The Morgan fingerprint density at radius 1 is 1.53 bits per heavy atom. The number of hydrogen-bond acceptors (Lipinski definition) is 3. The SMILES string of the molecule is CN=C(NN)c1cccc(OC(F)F)c1. The van der Waals surface area contributed by atoms with Crippen molar-refractivity contribution < 1.29 is 13.5 Å². The van der Waals surface area contributed by atoms with Crippen LogP contribution in [0.15, 0.2) is 29.3 Å². The normalized spacial score (nSPS) is 11.7. The summed E-state index contributed by atoms with van der Waals surface area (Å²) in [6, 6.07) is 6.11. The highest BCUT2D eigenvalue weighted by atomic mass is 19.3. The molecule has 0 amide bonds. The van der Waals surface area contributed by atoms with Crippen LogP contribution in [-0.2, 0) is 0 Å². The lowest BCUT2D eigenvalue weighted by Gasteiger charge is -2.08. The summed E-state index contributed by atoms with van der Waals surface area (Å²) in [5.41, 5.74) is 2.94. The average molecular weight is 215 g/mol. The molecule has 1 rings (SSSR count). The standard InChI is InChI=1S/C9H11F2N3O/c1-13-8(14-12)6-3-2-4-7(5-6)15-9(10)11/h2-5,9H,12H2,1H3,(H,13,14). The molecule has 0 bridgehead atoms. The van der Waals surface area contributed by atoms with Gasteiger partial charge in [-0.05, 0) is 12.1 Å². The van der Waals surface area contributed by atoms with Crippen molar-refractivity contribution in [2.45, 2.75) is 6.61 Å². The molecule has 0 saturated heterocycles. The first-order valence-electron chi connectivity index (χ1n) is 4.16. The highest BCUT2D eigenvalue weighted by Gasteiger charge is 2.06. The first-order chi connectivity index (χ1) is 7.17. The summed E-state index contributed by atoms with van der Waals surface area (Å²) in [5, 5.41) is 0. The van der Waals surface area contributed by atoms with Crippen LogP contribution in [0.4, 0.5) is 8.78 Å². The molecule has 0 fully saturated rings. The van der Waals surface area contributed by atoms with Crippen molar-refractivity contribution in [3.05, 3.63) is 29.8 Å². The first-order valence-corrected chi connectivity index (χ1v) is 4.16. The zero-order chi connectivity index (χ0) is 11.3. The molecule has 0 aromatic heterocycles. The number of hydrogen-bond donors (Lipinski definition) is 2. The van der Waals surface area contributed by atoms with Gasteiger partial charge in [-0.2, -0.15) is 8.78 Å². The number of nitrogens with zero attached hydrogens (tertiary/aromatic N) is 1. The summed E-state index contributed by atoms with van der Waals surface area (Å²) in [6.07, 6.45) is 0. The maximum absolute atomic E-state index is 11.9. The third-order valence-electron chi connectivity index (χ3n) is 1.69. The topological polar surface area (TPSA) is 59.6 Å². The molecule has 15 heavy (non-hydrogen) atoms. The van der Waals surface area contributed by atoms with E-state index in [4.69, 9.17) is 5.84 Å². The average Bonchev–Trinajstić information content (AvgIpc) is 2.19. The van der Waals surface area contributed by atoms with Crippen molar-refractivity contribution in [1.29, 1.82) is 0 Å². The Kier molecular flexibility index (Phi) is 3.99. The molecule has 82 valence electrons. The molecule has 6 heteroatoms. The minimum atomic E-state index is -2.84. The molecule has 1 aromatic rings. The summed E-state index contributed by atoms with van der Waals surface area (Å²) < 4.78 is 28.1. The van der Waals surface area contributed by atoms with E-state index in [9.17, 15) is 8.78 Å². The van der Waals surface area contributed by atoms with E-state index in [1.165, 1.54) is 19.2 Å². The Bertz CT molecular complexity index is 355. The van der Waals surface area contributed by atoms with Crippen LogP contribution in [0.5, 0.6) is 5.75 Å². The van der Waals surface area contributed by atoms with E-state index in [0.29, 0.717) is 11.4 Å². The van der Waals surface area contributed by atoms with E-state index >= 15 is 0 Å². The number of rotatable bonds is 3. The minimum absolute atomic E-state index is 0.0684. The second-order valence-electron chi connectivity index (χ2n) is 2.62. The van der Waals surface area contributed by atoms with Crippen LogP contribution >= 0.6 is 0 Å². The summed E-state index contributed by atoms with van der Waals surface area (Å²) in [4.78, 5) is 3.83. The van der Waals surface area contributed by atoms with Gasteiger partial charge in [-0.3, -0.25) is 4.99 Å². The number of alkyl halides is 2. The summed E-state index contributed by atoms with van der Waals surface area (Å²) >= 11 is 0. The predicted octanol–water partition coefficient (Wildman–Crippen LogP) is 1.13. The molecule has 0 spiro atoms. The Labute approximate surface area is 85.7 Å². The fraction of sp³-hybridized carbons (Fsp3) is 0.222.